The lowest BCUT2D eigenvalue weighted by Gasteiger charge is -2.11. The Kier molecular flexibility index (Phi) is 3.99. The molecule has 6 nitrogen and oxygen atoms in total. The lowest BCUT2D eigenvalue weighted by molar-refractivity contribution is -0.137. The number of aliphatic carboxylic acids is 1. The van der Waals surface area contributed by atoms with Gasteiger partial charge in [0.25, 0.3) is 5.91 Å². The second-order valence-corrected chi connectivity index (χ2v) is 4.26. The summed E-state index contributed by atoms with van der Waals surface area (Å²) in [5.74, 6) is -1.24. The van der Waals surface area contributed by atoms with Crippen molar-refractivity contribution in [1.82, 2.24) is 9.88 Å². The lowest BCUT2D eigenvalue weighted by Crippen LogP contribution is -2.33. The number of rotatable bonds is 5. The number of ether oxygens (including phenoxy) is 1. The van der Waals surface area contributed by atoms with E-state index in [9.17, 15) is 9.59 Å². The first-order chi connectivity index (χ1) is 8.66. The molecule has 2 N–H and O–H groups in total. The van der Waals surface area contributed by atoms with Crippen LogP contribution in [0.4, 0.5) is 0 Å². The fraction of sp³-hybridized carbons (Fsp3) is 0.500. The highest BCUT2D eigenvalue weighted by atomic mass is 16.5. The van der Waals surface area contributed by atoms with Gasteiger partial charge in [0.05, 0.1) is 6.10 Å². The molecular weight excluding hydrogens is 236 g/mol. The Morgan fingerprint density at radius 3 is 3.06 bits per heavy atom. The van der Waals surface area contributed by atoms with Gasteiger partial charge in [-0.05, 0) is 25.0 Å². The minimum atomic E-state index is -0.973. The Balaban J connectivity index is 1.91. The average molecular weight is 252 g/mol. The van der Waals surface area contributed by atoms with Gasteiger partial charge < -0.3 is 19.7 Å². The van der Waals surface area contributed by atoms with Crippen LogP contribution in [-0.4, -0.2) is 40.8 Å². The fourth-order valence-corrected chi connectivity index (χ4v) is 2.01. The zero-order chi connectivity index (χ0) is 13.0. The number of carbonyl (C=O) groups is 2. The van der Waals surface area contributed by atoms with Crippen molar-refractivity contribution in [3.8, 4) is 0 Å². The Hall–Kier alpha value is -1.82. The van der Waals surface area contributed by atoms with E-state index >= 15 is 0 Å². The monoisotopic (exact) mass is 252 g/mol. The molecule has 98 valence electrons. The molecule has 2 heterocycles. The number of hydrogen-bond acceptors (Lipinski definition) is 3. The van der Waals surface area contributed by atoms with Gasteiger partial charge in [0.2, 0.25) is 0 Å². The first-order valence-electron chi connectivity index (χ1n) is 5.93. The quantitative estimate of drug-likeness (QED) is 0.798. The van der Waals surface area contributed by atoms with Crippen LogP contribution in [0.3, 0.4) is 0 Å². The summed E-state index contributed by atoms with van der Waals surface area (Å²) in [6.07, 6.45) is 3.64. The maximum atomic E-state index is 11.9. The number of carboxylic acid groups (broad SMARTS) is 1. The molecule has 1 aliphatic rings. The summed E-state index contributed by atoms with van der Waals surface area (Å²) in [7, 11) is 0. The predicted octanol–water partition coefficient (Wildman–Crippen LogP) is 0.482. The van der Waals surface area contributed by atoms with E-state index in [4.69, 9.17) is 9.84 Å². The number of carboxylic acids is 1. The molecule has 1 fully saturated rings. The van der Waals surface area contributed by atoms with Gasteiger partial charge in [0.15, 0.2) is 0 Å². The van der Waals surface area contributed by atoms with E-state index in [1.165, 1.54) is 4.57 Å². The molecule has 1 amide bonds. The van der Waals surface area contributed by atoms with Crippen LogP contribution >= 0.6 is 0 Å². The van der Waals surface area contributed by atoms with Gasteiger partial charge in [-0.2, -0.15) is 0 Å². The number of aromatic nitrogens is 1. The smallest absolute Gasteiger partial charge is 0.323 e. The van der Waals surface area contributed by atoms with Crippen molar-refractivity contribution in [2.24, 2.45) is 0 Å². The average Bonchev–Trinajstić information content (AvgIpc) is 2.95. The van der Waals surface area contributed by atoms with E-state index in [1.54, 1.807) is 18.3 Å². The lowest BCUT2D eigenvalue weighted by atomic mass is 10.2. The molecule has 1 aliphatic heterocycles. The van der Waals surface area contributed by atoms with Crippen LogP contribution in [-0.2, 0) is 16.1 Å². The minimum absolute atomic E-state index is 0.0804. The molecule has 1 atom stereocenters. The predicted molar refractivity (Wildman–Crippen MR) is 63.4 cm³/mol. The number of amides is 1. The summed E-state index contributed by atoms with van der Waals surface area (Å²) in [5.41, 5.74) is 0.357. The van der Waals surface area contributed by atoms with Crippen LogP contribution in [0, 0.1) is 0 Å². The van der Waals surface area contributed by atoms with E-state index in [-0.39, 0.29) is 18.6 Å². The van der Waals surface area contributed by atoms with E-state index in [1.807, 2.05) is 0 Å². The molecule has 2 rings (SSSR count). The van der Waals surface area contributed by atoms with Crippen LogP contribution in [0.1, 0.15) is 23.3 Å². The molecule has 18 heavy (non-hydrogen) atoms. The summed E-state index contributed by atoms with van der Waals surface area (Å²) in [6, 6.07) is 3.26. The van der Waals surface area contributed by atoms with Crippen LogP contribution in [0.2, 0.25) is 0 Å². The molecule has 1 unspecified atom stereocenters. The molecule has 0 aromatic carbocycles. The fourth-order valence-electron chi connectivity index (χ4n) is 2.01. The summed E-state index contributed by atoms with van der Waals surface area (Å²) in [6.45, 7) is 1.00. The molecule has 0 bridgehead atoms. The molecule has 0 aliphatic carbocycles. The van der Waals surface area contributed by atoms with Gasteiger partial charge in [-0.25, -0.2) is 0 Å². The zero-order valence-corrected chi connectivity index (χ0v) is 9.96. The Bertz CT molecular complexity index is 435. The van der Waals surface area contributed by atoms with E-state index in [0.29, 0.717) is 12.2 Å². The SMILES string of the molecule is O=C(O)Cn1cccc1C(=O)NCC1CCCO1. The van der Waals surface area contributed by atoms with E-state index in [2.05, 4.69) is 5.32 Å². The first kappa shape index (κ1) is 12.6. The first-order valence-corrected chi connectivity index (χ1v) is 5.93. The highest BCUT2D eigenvalue weighted by Crippen LogP contribution is 2.11. The third kappa shape index (κ3) is 3.10. The molecule has 1 saturated heterocycles. The number of hydrogen-bond donors (Lipinski definition) is 2. The van der Waals surface area contributed by atoms with Crippen LogP contribution < -0.4 is 5.32 Å². The third-order valence-electron chi connectivity index (χ3n) is 2.88. The number of nitrogens with one attached hydrogen (secondary N) is 1. The van der Waals surface area contributed by atoms with Crippen molar-refractivity contribution in [3.05, 3.63) is 24.0 Å². The van der Waals surface area contributed by atoms with Crippen molar-refractivity contribution in [2.75, 3.05) is 13.2 Å². The van der Waals surface area contributed by atoms with Gasteiger partial charge in [-0.15, -0.1) is 0 Å². The molecule has 0 saturated carbocycles. The number of nitrogens with zero attached hydrogens (tertiary/aromatic N) is 1. The van der Waals surface area contributed by atoms with Crippen LogP contribution in [0.25, 0.3) is 0 Å². The maximum absolute atomic E-state index is 11.9. The molecule has 0 radical (unpaired) electrons. The van der Waals surface area contributed by atoms with E-state index < -0.39 is 5.97 Å². The van der Waals surface area contributed by atoms with Crippen LogP contribution in [0.5, 0.6) is 0 Å². The Morgan fingerprint density at radius 2 is 2.39 bits per heavy atom. The summed E-state index contributed by atoms with van der Waals surface area (Å²) in [4.78, 5) is 22.5. The summed E-state index contributed by atoms with van der Waals surface area (Å²) < 4.78 is 6.81. The molecule has 0 spiro atoms. The zero-order valence-electron chi connectivity index (χ0n) is 9.96. The second-order valence-electron chi connectivity index (χ2n) is 4.26. The topological polar surface area (TPSA) is 80.6 Å². The minimum Gasteiger partial charge on any atom is -0.480 e. The summed E-state index contributed by atoms with van der Waals surface area (Å²) in [5, 5.41) is 11.5. The van der Waals surface area contributed by atoms with Gasteiger partial charge in [0, 0.05) is 19.3 Å². The van der Waals surface area contributed by atoms with E-state index in [0.717, 1.165) is 19.4 Å². The molecular formula is C12H16N2O4. The van der Waals surface area contributed by atoms with Crippen molar-refractivity contribution < 1.29 is 19.4 Å². The summed E-state index contributed by atoms with van der Waals surface area (Å²) >= 11 is 0. The molecule has 1 aromatic heterocycles. The Labute approximate surface area is 105 Å². The number of carbonyl (C=O) groups excluding carboxylic acids is 1. The normalized spacial score (nSPS) is 18.8. The molecule has 6 heteroatoms. The molecule has 1 aromatic rings. The van der Waals surface area contributed by atoms with Crippen molar-refractivity contribution in [1.29, 1.82) is 0 Å². The van der Waals surface area contributed by atoms with Crippen molar-refractivity contribution >= 4 is 11.9 Å². The maximum Gasteiger partial charge on any atom is 0.323 e. The van der Waals surface area contributed by atoms with Gasteiger partial charge in [0.1, 0.15) is 12.2 Å². The Morgan fingerprint density at radius 1 is 1.56 bits per heavy atom. The van der Waals surface area contributed by atoms with Crippen molar-refractivity contribution in [3.63, 3.8) is 0 Å². The third-order valence-corrected chi connectivity index (χ3v) is 2.88. The standard InChI is InChI=1S/C12H16N2O4/c15-11(16)8-14-5-1-4-10(14)12(17)13-7-9-3-2-6-18-9/h1,4-5,9H,2-3,6-8H2,(H,13,17)(H,15,16). The highest BCUT2D eigenvalue weighted by molar-refractivity contribution is 5.93. The second kappa shape index (κ2) is 5.68. The highest BCUT2D eigenvalue weighted by Gasteiger charge is 2.18. The van der Waals surface area contributed by atoms with Crippen molar-refractivity contribution in [2.45, 2.75) is 25.5 Å². The largest absolute Gasteiger partial charge is 0.480 e. The van der Waals surface area contributed by atoms with Crippen LogP contribution in [0.15, 0.2) is 18.3 Å². The van der Waals surface area contributed by atoms with Gasteiger partial charge in [-0.1, -0.05) is 0 Å². The van der Waals surface area contributed by atoms with Gasteiger partial charge >= 0.3 is 5.97 Å². The van der Waals surface area contributed by atoms with Gasteiger partial charge in [-0.3, -0.25) is 9.59 Å².